The average molecular weight is 162 g/mol. The molecule has 0 radical (unpaired) electrons. The lowest BCUT2D eigenvalue weighted by molar-refractivity contribution is 0.912. The molecule has 0 fully saturated rings. The van der Waals surface area contributed by atoms with Crippen molar-refractivity contribution in [3.8, 4) is 0 Å². The summed E-state index contributed by atoms with van der Waals surface area (Å²) in [5.74, 6) is 0. The van der Waals surface area contributed by atoms with Crippen molar-refractivity contribution in [3.05, 3.63) is 28.8 Å². The summed E-state index contributed by atoms with van der Waals surface area (Å²) in [6.07, 6.45) is 3.56. The summed E-state index contributed by atoms with van der Waals surface area (Å²) in [5, 5.41) is 0. The van der Waals surface area contributed by atoms with Gasteiger partial charge in [-0.3, -0.25) is 0 Å². The lowest BCUT2D eigenvalue weighted by Gasteiger charge is -2.06. The van der Waals surface area contributed by atoms with Crippen LogP contribution in [0.5, 0.6) is 0 Å². The van der Waals surface area contributed by atoms with Crippen molar-refractivity contribution in [2.75, 3.05) is 5.73 Å². The topological polar surface area (TPSA) is 52.0 Å². The molecule has 0 unspecified atom stereocenters. The molecule has 0 saturated heterocycles. The van der Waals surface area contributed by atoms with Crippen LogP contribution in [-0.4, -0.2) is 0 Å². The Balaban J connectivity index is 2.51. The molecule has 1 aromatic rings. The van der Waals surface area contributed by atoms with Gasteiger partial charge in [-0.05, 0) is 42.0 Å². The molecular weight excluding hydrogens is 148 g/mol. The van der Waals surface area contributed by atoms with Gasteiger partial charge in [0.1, 0.15) is 0 Å². The first-order valence-corrected chi connectivity index (χ1v) is 4.41. The highest BCUT2D eigenvalue weighted by molar-refractivity contribution is 5.55. The number of nitrogen functional groups attached to an aromatic ring is 1. The predicted molar refractivity (Wildman–Crippen MR) is 50.8 cm³/mol. The average Bonchev–Trinajstić information content (AvgIpc) is 2.52. The van der Waals surface area contributed by atoms with E-state index in [1.807, 2.05) is 6.07 Å². The van der Waals surface area contributed by atoms with Crippen LogP contribution in [0.2, 0.25) is 0 Å². The number of fused-ring (bicyclic) bond motifs is 1. The fourth-order valence-corrected chi connectivity index (χ4v) is 1.93. The zero-order chi connectivity index (χ0) is 8.55. The second-order valence-corrected chi connectivity index (χ2v) is 3.38. The summed E-state index contributed by atoms with van der Waals surface area (Å²) < 4.78 is 0. The molecule has 2 rings (SSSR count). The van der Waals surface area contributed by atoms with E-state index in [9.17, 15) is 0 Å². The third kappa shape index (κ3) is 1.08. The van der Waals surface area contributed by atoms with Crippen molar-refractivity contribution in [1.29, 1.82) is 0 Å². The zero-order valence-electron chi connectivity index (χ0n) is 7.14. The van der Waals surface area contributed by atoms with Crippen molar-refractivity contribution in [2.24, 2.45) is 5.73 Å². The third-order valence-corrected chi connectivity index (χ3v) is 2.55. The van der Waals surface area contributed by atoms with E-state index in [1.54, 1.807) is 0 Å². The SMILES string of the molecule is NCc1cc(N)c2c(c1)CCC2. The number of anilines is 1. The molecule has 2 heteroatoms. The largest absolute Gasteiger partial charge is 0.398 e. The second kappa shape index (κ2) is 2.79. The summed E-state index contributed by atoms with van der Waals surface area (Å²) in [5.41, 5.74) is 16.3. The van der Waals surface area contributed by atoms with Crippen LogP contribution < -0.4 is 11.5 Å². The van der Waals surface area contributed by atoms with Crippen molar-refractivity contribution in [1.82, 2.24) is 0 Å². The van der Waals surface area contributed by atoms with Gasteiger partial charge in [-0.15, -0.1) is 0 Å². The quantitative estimate of drug-likeness (QED) is 0.610. The minimum Gasteiger partial charge on any atom is -0.398 e. The first-order chi connectivity index (χ1) is 5.81. The molecule has 0 aromatic heterocycles. The number of rotatable bonds is 1. The molecule has 1 aliphatic carbocycles. The Hall–Kier alpha value is -1.02. The van der Waals surface area contributed by atoms with Gasteiger partial charge in [0.05, 0.1) is 0 Å². The molecule has 0 spiro atoms. The van der Waals surface area contributed by atoms with E-state index in [1.165, 1.54) is 24.0 Å². The van der Waals surface area contributed by atoms with Gasteiger partial charge in [0.25, 0.3) is 0 Å². The van der Waals surface area contributed by atoms with E-state index >= 15 is 0 Å². The van der Waals surface area contributed by atoms with Gasteiger partial charge in [0, 0.05) is 12.2 Å². The molecule has 2 nitrogen and oxygen atoms in total. The molecule has 0 saturated carbocycles. The highest BCUT2D eigenvalue weighted by atomic mass is 14.6. The first kappa shape index (κ1) is 7.62. The highest BCUT2D eigenvalue weighted by Gasteiger charge is 2.13. The molecule has 0 aliphatic heterocycles. The van der Waals surface area contributed by atoms with Gasteiger partial charge in [-0.2, -0.15) is 0 Å². The summed E-state index contributed by atoms with van der Waals surface area (Å²) in [4.78, 5) is 0. The number of benzene rings is 1. The normalized spacial score (nSPS) is 14.8. The van der Waals surface area contributed by atoms with Gasteiger partial charge in [0.15, 0.2) is 0 Å². The number of aryl methyl sites for hydroxylation is 1. The van der Waals surface area contributed by atoms with E-state index in [0.717, 1.165) is 17.7 Å². The van der Waals surface area contributed by atoms with Crippen LogP contribution in [0.3, 0.4) is 0 Å². The van der Waals surface area contributed by atoms with Gasteiger partial charge >= 0.3 is 0 Å². The first-order valence-electron chi connectivity index (χ1n) is 4.41. The van der Waals surface area contributed by atoms with Crippen LogP contribution in [0.15, 0.2) is 12.1 Å². The van der Waals surface area contributed by atoms with E-state index in [-0.39, 0.29) is 0 Å². The minimum absolute atomic E-state index is 0.595. The maximum absolute atomic E-state index is 5.89. The number of hydrogen-bond acceptors (Lipinski definition) is 2. The molecule has 1 aliphatic rings. The van der Waals surface area contributed by atoms with Gasteiger partial charge in [-0.1, -0.05) is 6.07 Å². The van der Waals surface area contributed by atoms with Crippen molar-refractivity contribution in [3.63, 3.8) is 0 Å². The lowest BCUT2D eigenvalue weighted by Crippen LogP contribution is -2.01. The minimum atomic E-state index is 0.595. The van der Waals surface area contributed by atoms with Crippen LogP contribution in [0, 0.1) is 0 Å². The maximum Gasteiger partial charge on any atom is 0.0352 e. The summed E-state index contributed by atoms with van der Waals surface area (Å²) in [6, 6.07) is 4.20. The van der Waals surface area contributed by atoms with Crippen molar-refractivity contribution < 1.29 is 0 Å². The highest BCUT2D eigenvalue weighted by Crippen LogP contribution is 2.28. The summed E-state index contributed by atoms with van der Waals surface area (Å²) >= 11 is 0. The Kier molecular flexibility index (Phi) is 1.77. The van der Waals surface area contributed by atoms with E-state index < -0.39 is 0 Å². The fraction of sp³-hybridized carbons (Fsp3) is 0.400. The van der Waals surface area contributed by atoms with Gasteiger partial charge in [-0.25, -0.2) is 0 Å². The molecule has 12 heavy (non-hydrogen) atoms. The van der Waals surface area contributed by atoms with Gasteiger partial charge < -0.3 is 11.5 Å². The molecule has 4 N–H and O–H groups in total. The Morgan fingerprint density at radius 1 is 1.25 bits per heavy atom. The van der Waals surface area contributed by atoms with Crippen LogP contribution in [0.1, 0.15) is 23.1 Å². The Bertz CT molecular complexity index is 305. The van der Waals surface area contributed by atoms with Crippen LogP contribution in [-0.2, 0) is 19.4 Å². The second-order valence-electron chi connectivity index (χ2n) is 3.38. The van der Waals surface area contributed by atoms with E-state index in [4.69, 9.17) is 11.5 Å². The fourth-order valence-electron chi connectivity index (χ4n) is 1.93. The molecule has 0 amide bonds. The zero-order valence-corrected chi connectivity index (χ0v) is 7.14. The molecule has 0 bridgehead atoms. The Morgan fingerprint density at radius 2 is 2.08 bits per heavy atom. The van der Waals surface area contributed by atoms with E-state index in [2.05, 4.69) is 6.07 Å². The molecule has 64 valence electrons. The molecule has 0 heterocycles. The Labute approximate surface area is 72.6 Å². The Morgan fingerprint density at radius 3 is 2.83 bits per heavy atom. The maximum atomic E-state index is 5.89. The van der Waals surface area contributed by atoms with E-state index in [0.29, 0.717) is 6.54 Å². The molecule has 1 aromatic carbocycles. The monoisotopic (exact) mass is 162 g/mol. The smallest absolute Gasteiger partial charge is 0.0352 e. The number of hydrogen-bond donors (Lipinski definition) is 2. The van der Waals surface area contributed by atoms with Crippen LogP contribution in [0.4, 0.5) is 5.69 Å². The summed E-state index contributed by atoms with van der Waals surface area (Å²) in [7, 11) is 0. The van der Waals surface area contributed by atoms with Crippen molar-refractivity contribution >= 4 is 5.69 Å². The molecular formula is C10H14N2. The standard InChI is InChI=1S/C10H14N2/c11-6-7-4-8-2-1-3-9(8)10(12)5-7/h4-5H,1-3,6,11-12H2. The van der Waals surface area contributed by atoms with Crippen LogP contribution >= 0.6 is 0 Å². The van der Waals surface area contributed by atoms with Crippen LogP contribution in [0.25, 0.3) is 0 Å². The number of nitrogens with two attached hydrogens (primary N) is 2. The molecule has 0 atom stereocenters. The third-order valence-electron chi connectivity index (χ3n) is 2.55. The van der Waals surface area contributed by atoms with Gasteiger partial charge in [0.2, 0.25) is 0 Å². The van der Waals surface area contributed by atoms with Crippen molar-refractivity contribution in [2.45, 2.75) is 25.8 Å². The lowest BCUT2D eigenvalue weighted by atomic mass is 10.0. The summed E-state index contributed by atoms with van der Waals surface area (Å²) in [6.45, 7) is 0.595. The predicted octanol–water partition coefficient (Wildman–Crippen LogP) is 1.22.